The molecule has 1 aromatic rings. The second-order valence-corrected chi connectivity index (χ2v) is 4.28. The van der Waals surface area contributed by atoms with Gasteiger partial charge in [-0.05, 0) is 30.7 Å². The van der Waals surface area contributed by atoms with Crippen LogP contribution in [0.3, 0.4) is 0 Å². The van der Waals surface area contributed by atoms with Crippen LogP contribution in [0, 0.1) is 5.82 Å². The van der Waals surface area contributed by atoms with Crippen LogP contribution in [-0.2, 0) is 11.2 Å². The highest BCUT2D eigenvalue weighted by molar-refractivity contribution is 5.22. The first-order chi connectivity index (χ1) is 7.58. The zero-order valence-corrected chi connectivity index (χ0v) is 9.24. The monoisotopic (exact) mass is 222 g/mol. The predicted octanol–water partition coefficient (Wildman–Crippen LogP) is 2.42. The van der Waals surface area contributed by atoms with Crippen molar-refractivity contribution in [3.63, 3.8) is 0 Å². The molecule has 0 saturated carbocycles. The molecule has 0 aliphatic carbocycles. The average Bonchev–Trinajstić information content (AvgIpc) is 2.75. The Morgan fingerprint density at radius 3 is 2.62 bits per heavy atom. The van der Waals surface area contributed by atoms with Crippen molar-refractivity contribution in [2.45, 2.75) is 25.4 Å². The second-order valence-electron chi connectivity index (χ2n) is 4.28. The Kier molecular flexibility index (Phi) is 2.97. The fourth-order valence-corrected chi connectivity index (χ4v) is 1.88. The zero-order chi connectivity index (χ0) is 11.6. The Morgan fingerprint density at radius 1 is 1.38 bits per heavy atom. The summed E-state index contributed by atoms with van der Waals surface area (Å²) >= 11 is 0. The molecule has 16 heavy (non-hydrogen) atoms. The summed E-state index contributed by atoms with van der Waals surface area (Å²) in [6, 6.07) is 6.16. The number of halogens is 1. The SMILES string of the molecule is CC(O)(Cc1ccc(F)cc1)C1=CCCO1. The molecule has 0 fully saturated rings. The number of hydrogen-bond acceptors (Lipinski definition) is 2. The highest BCUT2D eigenvalue weighted by atomic mass is 19.1. The first-order valence-electron chi connectivity index (χ1n) is 5.38. The third-order valence-corrected chi connectivity index (χ3v) is 2.70. The second kappa shape index (κ2) is 4.26. The van der Waals surface area contributed by atoms with Crippen molar-refractivity contribution < 1.29 is 14.2 Å². The van der Waals surface area contributed by atoms with E-state index in [0.717, 1.165) is 12.0 Å². The van der Waals surface area contributed by atoms with Gasteiger partial charge in [0.15, 0.2) is 0 Å². The van der Waals surface area contributed by atoms with E-state index in [0.29, 0.717) is 18.8 Å². The summed E-state index contributed by atoms with van der Waals surface area (Å²) in [5, 5.41) is 10.2. The molecule has 0 saturated heterocycles. The van der Waals surface area contributed by atoms with Gasteiger partial charge in [0, 0.05) is 12.8 Å². The minimum absolute atomic E-state index is 0.264. The Morgan fingerprint density at radius 2 is 2.06 bits per heavy atom. The quantitative estimate of drug-likeness (QED) is 0.851. The maximum absolute atomic E-state index is 12.7. The molecule has 1 aliphatic heterocycles. The molecule has 3 heteroatoms. The van der Waals surface area contributed by atoms with E-state index in [2.05, 4.69) is 0 Å². The minimum atomic E-state index is -1.01. The third-order valence-electron chi connectivity index (χ3n) is 2.70. The molecule has 1 heterocycles. The van der Waals surface area contributed by atoms with E-state index in [1.165, 1.54) is 12.1 Å². The fourth-order valence-electron chi connectivity index (χ4n) is 1.88. The number of benzene rings is 1. The van der Waals surface area contributed by atoms with Crippen molar-refractivity contribution in [3.8, 4) is 0 Å². The van der Waals surface area contributed by atoms with Crippen molar-refractivity contribution >= 4 is 0 Å². The van der Waals surface area contributed by atoms with Gasteiger partial charge in [0.1, 0.15) is 17.2 Å². The lowest BCUT2D eigenvalue weighted by Crippen LogP contribution is -2.30. The summed E-state index contributed by atoms with van der Waals surface area (Å²) in [4.78, 5) is 0. The molecule has 0 aromatic heterocycles. The van der Waals surface area contributed by atoms with Crippen molar-refractivity contribution in [2.75, 3.05) is 6.61 Å². The van der Waals surface area contributed by atoms with Gasteiger partial charge in [0.2, 0.25) is 0 Å². The summed E-state index contributed by atoms with van der Waals surface area (Å²) in [5.74, 6) is 0.358. The largest absolute Gasteiger partial charge is 0.495 e. The molecule has 1 aliphatic rings. The van der Waals surface area contributed by atoms with Crippen molar-refractivity contribution in [3.05, 3.63) is 47.5 Å². The normalized spacial score (nSPS) is 18.8. The van der Waals surface area contributed by atoms with Gasteiger partial charge >= 0.3 is 0 Å². The molecule has 2 nitrogen and oxygen atoms in total. The van der Waals surface area contributed by atoms with E-state index >= 15 is 0 Å². The van der Waals surface area contributed by atoms with Crippen LogP contribution in [0.5, 0.6) is 0 Å². The van der Waals surface area contributed by atoms with Gasteiger partial charge in [-0.1, -0.05) is 12.1 Å². The number of rotatable bonds is 3. The summed E-state index contributed by atoms with van der Waals surface area (Å²) in [6.07, 6.45) is 3.18. The maximum atomic E-state index is 12.7. The first kappa shape index (κ1) is 11.1. The smallest absolute Gasteiger partial charge is 0.124 e. The topological polar surface area (TPSA) is 29.5 Å². The highest BCUT2D eigenvalue weighted by Gasteiger charge is 2.29. The van der Waals surface area contributed by atoms with E-state index in [-0.39, 0.29) is 5.82 Å². The molecule has 0 radical (unpaired) electrons. The third kappa shape index (κ3) is 2.42. The summed E-state index contributed by atoms with van der Waals surface area (Å²) in [5.41, 5.74) is -0.114. The average molecular weight is 222 g/mol. The van der Waals surface area contributed by atoms with Gasteiger partial charge in [-0.2, -0.15) is 0 Å². The number of ether oxygens (including phenoxy) is 1. The van der Waals surface area contributed by atoms with E-state index < -0.39 is 5.60 Å². The van der Waals surface area contributed by atoms with Crippen molar-refractivity contribution in [1.82, 2.24) is 0 Å². The summed E-state index contributed by atoms with van der Waals surface area (Å²) in [7, 11) is 0. The Balaban J connectivity index is 2.11. The van der Waals surface area contributed by atoms with Crippen molar-refractivity contribution in [2.24, 2.45) is 0 Å². The molecular weight excluding hydrogens is 207 g/mol. The zero-order valence-electron chi connectivity index (χ0n) is 9.24. The maximum Gasteiger partial charge on any atom is 0.124 e. The molecule has 1 N–H and O–H groups in total. The minimum Gasteiger partial charge on any atom is -0.495 e. The molecule has 86 valence electrons. The van der Waals surface area contributed by atoms with Gasteiger partial charge < -0.3 is 9.84 Å². The molecule has 2 rings (SSSR count). The van der Waals surface area contributed by atoms with Crippen LogP contribution >= 0.6 is 0 Å². The molecule has 1 atom stereocenters. The van der Waals surface area contributed by atoms with E-state index in [9.17, 15) is 9.50 Å². The summed E-state index contributed by atoms with van der Waals surface area (Å²) < 4.78 is 18.1. The number of aliphatic hydroxyl groups is 1. The van der Waals surface area contributed by atoms with Crippen LogP contribution in [0.25, 0.3) is 0 Å². The lowest BCUT2D eigenvalue weighted by Gasteiger charge is -2.24. The van der Waals surface area contributed by atoms with Gasteiger partial charge in [0.05, 0.1) is 6.61 Å². The van der Waals surface area contributed by atoms with Crippen LogP contribution in [-0.4, -0.2) is 17.3 Å². The van der Waals surface area contributed by atoms with Crippen LogP contribution in [0.2, 0.25) is 0 Å². The molecule has 1 unspecified atom stereocenters. The predicted molar refractivity (Wildman–Crippen MR) is 59.4 cm³/mol. The van der Waals surface area contributed by atoms with Gasteiger partial charge in [-0.3, -0.25) is 0 Å². The fraction of sp³-hybridized carbons (Fsp3) is 0.385. The van der Waals surface area contributed by atoms with Crippen LogP contribution in [0.4, 0.5) is 4.39 Å². The van der Waals surface area contributed by atoms with Gasteiger partial charge in [0.25, 0.3) is 0 Å². The molecule has 1 aromatic carbocycles. The highest BCUT2D eigenvalue weighted by Crippen LogP contribution is 2.26. The van der Waals surface area contributed by atoms with E-state index in [1.54, 1.807) is 19.1 Å². The molecular formula is C13H15FO2. The lowest BCUT2D eigenvalue weighted by atomic mass is 9.94. The number of hydrogen-bond donors (Lipinski definition) is 1. The van der Waals surface area contributed by atoms with Gasteiger partial charge in [-0.25, -0.2) is 4.39 Å². The molecule has 0 amide bonds. The molecule has 0 bridgehead atoms. The van der Waals surface area contributed by atoms with E-state index in [4.69, 9.17) is 4.74 Å². The van der Waals surface area contributed by atoms with E-state index in [1.807, 2.05) is 6.08 Å². The molecule has 0 spiro atoms. The van der Waals surface area contributed by atoms with Crippen LogP contribution in [0.15, 0.2) is 36.1 Å². The lowest BCUT2D eigenvalue weighted by molar-refractivity contribution is 0.0350. The Hall–Kier alpha value is -1.35. The van der Waals surface area contributed by atoms with Crippen LogP contribution in [0.1, 0.15) is 18.9 Å². The standard InChI is InChI=1S/C13H15FO2/c1-13(15,12-3-2-8-16-12)9-10-4-6-11(14)7-5-10/h3-7,15H,2,8-9H2,1H3. The first-order valence-corrected chi connectivity index (χ1v) is 5.38. The van der Waals surface area contributed by atoms with Crippen molar-refractivity contribution in [1.29, 1.82) is 0 Å². The van der Waals surface area contributed by atoms with Gasteiger partial charge in [-0.15, -0.1) is 0 Å². The Bertz CT molecular complexity index is 393. The Labute approximate surface area is 94.4 Å². The van der Waals surface area contributed by atoms with Crippen LogP contribution < -0.4 is 0 Å². The summed E-state index contributed by atoms with van der Waals surface area (Å²) in [6.45, 7) is 2.35.